The van der Waals surface area contributed by atoms with Crippen molar-refractivity contribution in [3.05, 3.63) is 23.8 Å². The van der Waals surface area contributed by atoms with Crippen LogP contribution in [0, 0.1) is 0 Å². The van der Waals surface area contributed by atoms with Crippen LogP contribution in [0.25, 0.3) is 0 Å². The molecule has 0 aliphatic heterocycles. The van der Waals surface area contributed by atoms with E-state index in [4.69, 9.17) is 4.74 Å². The lowest BCUT2D eigenvalue weighted by molar-refractivity contribution is 0.0952. The van der Waals surface area contributed by atoms with Crippen molar-refractivity contribution in [2.75, 3.05) is 27.7 Å². The number of hydrogen-bond acceptors (Lipinski definition) is 4. The van der Waals surface area contributed by atoms with Crippen LogP contribution in [0.2, 0.25) is 0 Å². The van der Waals surface area contributed by atoms with E-state index in [0.717, 1.165) is 23.6 Å². The Bertz CT molecular complexity index is 612. The van der Waals surface area contributed by atoms with Gasteiger partial charge in [-0.3, -0.25) is 4.79 Å². The Balaban J connectivity index is 3.03. The molecule has 1 aromatic rings. The van der Waals surface area contributed by atoms with Crippen LogP contribution >= 0.6 is 0 Å². The van der Waals surface area contributed by atoms with E-state index in [2.05, 4.69) is 12.2 Å². The molecule has 0 fully saturated rings. The highest BCUT2D eigenvalue weighted by atomic mass is 32.2. The minimum Gasteiger partial charge on any atom is -0.495 e. The van der Waals surface area contributed by atoms with Crippen molar-refractivity contribution in [1.29, 1.82) is 0 Å². The molecular formula is C15H24N2O4S. The van der Waals surface area contributed by atoms with Gasteiger partial charge < -0.3 is 10.1 Å². The molecule has 6 nitrogen and oxygen atoms in total. The third-order valence-corrected chi connectivity index (χ3v) is 5.09. The fourth-order valence-electron chi connectivity index (χ4n) is 1.90. The zero-order valence-corrected chi connectivity index (χ0v) is 14.4. The summed E-state index contributed by atoms with van der Waals surface area (Å²) >= 11 is 0. The number of carbonyl (C=O) groups excluding carboxylic acids is 1. The second-order valence-corrected chi connectivity index (χ2v) is 7.24. The number of nitrogens with zero attached hydrogens (tertiary/aromatic N) is 1. The van der Waals surface area contributed by atoms with Gasteiger partial charge in [0.15, 0.2) is 0 Å². The zero-order valence-electron chi connectivity index (χ0n) is 13.5. The van der Waals surface area contributed by atoms with E-state index in [1.807, 2.05) is 0 Å². The molecule has 1 rings (SSSR count). The summed E-state index contributed by atoms with van der Waals surface area (Å²) in [5.74, 6) is -0.0646. The third-order valence-electron chi connectivity index (χ3n) is 3.25. The summed E-state index contributed by atoms with van der Waals surface area (Å²) in [6, 6.07) is 4.41. The molecule has 1 aromatic carbocycles. The smallest absolute Gasteiger partial charge is 0.251 e. The predicted molar refractivity (Wildman–Crippen MR) is 85.7 cm³/mol. The lowest BCUT2D eigenvalue weighted by Gasteiger charge is -2.15. The second kappa shape index (κ2) is 8.14. The molecule has 1 amide bonds. The highest BCUT2D eigenvalue weighted by Crippen LogP contribution is 2.26. The summed E-state index contributed by atoms with van der Waals surface area (Å²) < 4.78 is 30.8. The molecule has 0 aliphatic carbocycles. The van der Waals surface area contributed by atoms with Gasteiger partial charge in [-0.2, -0.15) is 0 Å². The van der Waals surface area contributed by atoms with Crippen LogP contribution in [0.1, 0.15) is 36.5 Å². The lowest BCUT2D eigenvalue weighted by atomic mass is 10.2. The van der Waals surface area contributed by atoms with Gasteiger partial charge in [-0.1, -0.05) is 19.8 Å². The van der Waals surface area contributed by atoms with Crippen molar-refractivity contribution in [2.45, 2.75) is 31.1 Å². The van der Waals surface area contributed by atoms with Gasteiger partial charge in [-0.25, -0.2) is 12.7 Å². The zero-order chi connectivity index (χ0) is 16.8. The van der Waals surface area contributed by atoms with E-state index in [9.17, 15) is 13.2 Å². The van der Waals surface area contributed by atoms with Crippen molar-refractivity contribution in [3.63, 3.8) is 0 Å². The maximum absolute atomic E-state index is 12.3. The average molecular weight is 328 g/mol. The van der Waals surface area contributed by atoms with Crippen LogP contribution in [0.3, 0.4) is 0 Å². The van der Waals surface area contributed by atoms with E-state index in [1.165, 1.54) is 33.3 Å². The molecule has 0 unspecified atom stereocenters. The van der Waals surface area contributed by atoms with Crippen molar-refractivity contribution in [3.8, 4) is 5.75 Å². The minimum absolute atomic E-state index is 0.0128. The van der Waals surface area contributed by atoms with Crippen LogP contribution in [-0.2, 0) is 10.0 Å². The summed E-state index contributed by atoms with van der Waals surface area (Å²) in [7, 11) is 0.594. The predicted octanol–water partition coefficient (Wildman–Crippen LogP) is 1.87. The number of nitrogens with one attached hydrogen (secondary N) is 1. The molecule has 0 radical (unpaired) electrons. The molecule has 0 bridgehead atoms. The number of benzene rings is 1. The van der Waals surface area contributed by atoms with E-state index >= 15 is 0 Å². The monoisotopic (exact) mass is 328 g/mol. The van der Waals surface area contributed by atoms with Crippen LogP contribution in [0.4, 0.5) is 0 Å². The topological polar surface area (TPSA) is 75.7 Å². The van der Waals surface area contributed by atoms with Crippen molar-refractivity contribution < 1.29 is 17.9 Å². The van der Waals surface area contributed by atoms with E-state index in [-0.39, 0.29) is 16.6 Å². The van der Waals surface area contributed by atoms with Gasteiger partial charge in [-0.05, 0) is 24.6 Å². The molecule has 22 heavy (non-hydrogen) atoms. The van der Waals surface area contributed by atoms with E-state index in [0.29, 0.717) is 12.1 Å². The molecule has 0 heterocycles. The Morgan fingerprint density at radius 3 is 2.50 bits per heavy atom. The number of unbranched alkanes of at least 4 members (excludes halogenated alkanes) is 2. The highest BCUT2D eigenvalue weighted by molar-refractivity contribution is 7.89. The molecule has 1 N–H and O–H groups in total. The normalized spacial score (nSPS) is 11.5. The number of rotatable bonds is 8. The summed E-state index contributed by atoms with van der Waals surface area (Å²) in [6.07, 6.45) is 3.02. The largest absolute Gasteiger partial charge is 0.495 e. The Hall–Kier alpha value is -1.60. The molecule has 0 aliphatic rings. The Kier molecular flexibility index (Phi) is 6.83. The standard InChI is InChI=1S/C15H24N2O4S/c1-5-6-7-10-16-15(18)12-8-9-13(21-4)14(11-12)22(19,20)17(2)3/h8-9,11H,5-7,10H2,1-4H3,(H,16,18). The summed E-state index contributed by atoms with van der Waals surface area (Å²) in [5.41, 5.74) is 0.303. The molecule has 0 saturated carbocycles. The number of sulfonamides is 1. The maximum atomic E-state index is 12.3. The summed E-state index contributed by atoms with van der Waals surface area (Å²) in [4.78, 5) is 12.1. The first-order chi connectivity index (χ1) is 10.3. The fourth-order valence-corrected chi connectivity index (χ4v) is 2.97. The van der Waals surface area contributed by atoms with Crippen LogP contribution in [0.5, 0.6) is 5.75 Å². The average Bonchev–Trinajstić information content (AvgIpc) is 2.50. The molecule has 0 atom stereocenters. The second-order valence-electron chi connectivity index (χ2n) is 5.12. The van der Waals surface area contributed by atoms with Crippen molar-refractivity contribution >= 4 is 15.9 Å². The van der Waals surface area contributed by atoms with Gasteiger partial charge in [0.2, 0.25) is 10.0 Å². The number of amides is 1. The molecule has 124 valence electrons. The molecule has 7 heteroatoms. The van der Waals surface area contributed by atoms with E-state index in [1.54, 1.807) is 6.07 Å². The Morgan fingerprint density at radius 2 is 1.95 bits per heavy atom. The van der Waals surface area contributed by atoms with Crippen LogP contribution in [-0.4, -0.2) is 46.4 Å². The van der Waals surface area contributed by atoms with Gasteiger partial charge in [0.05, 0.1) is 7.11 Å². The first-order valence-electron chi connectivity index (χ1n) is 7.23. The molecule has 0 saturated heterocycles. The first-order valence-corrected chi connectivity index (χ1v) is 8.67. The number of methoxy groups -OCH3 is 1. The first kappa shape index (κ1) is 18.4. The van der Waals surface area contributed by atoms with E-state index < -0.39 is 10.0 Å². The summed E-state index contributed by atoms with van der Waals surface area (Å²) in [5, 5.41) is 2.79. The number of hydrogen-bond donors (Lipinski definition) is 1. The Morgan fingerprint density at radius 1 is 1.27 bits per heavy atom. The molecule has 0 aromatic heterocycles. The van der Waals surface area contributed by atoms with Gasteiger partial charge in [0.25, 0.3) is 5.91 Å². The van der Waals surface area contributed by atoms with Crippen LogP contribution < -0.4 is 10.1 Å². The highest BCUT2D eigenvalue weighted by Gasteiger charge is 2.23. The maximum Gasteiger partial charge on any atom is 0.251 e. The van der Waals surface area contributed by atoms with Gasteiger partial charge in [0, 0.05) is 26.2 Å². The minimum atomic E-state index is -3.68. The number of ether oxygens (including phenoxy) is 1. The summed E-state index contributed by atoms with van der Waals surface area (Å²) in [6.45, 7) is 2.66. The van der Waals surface area contributed by atoms with Gasteiger partial charge >= 0.3 is 0 Å². The number of carbonyl (C=O) groups is 1. The quantitative estimate of drug-likeness (QED) is 0.739. The van der Waals surface area contributed by atoms with Crippen molar-refractivity contribution in [2.24, 2.45) is 0 Å². The molecule has 0 spiro atoms. The van der Waals surface area contributed by atoms with Gasteiger partial charge in [0.1, 0.15) is 10.6 Å². The Labute approximate surface area is 132 Å². The SMILES string of the molecule is CCCCCNC(=O)c1ccc(OC)c(S(=O)(=O)N(C)C)c1. The molecular weight excluding hydrogens is 304 g/mol. The lowest BCUT2D eigenvalue weighted by Crippen LogP contribution is -2.26. The van der Waals surface area contributed by atoms with Gasteiger partial charge in [-0.15, -0.1) is 0 Å². The fraction of sp³-hybridized carbons (Fsp3) is 0.533. The third kappa shape index (κ3) is 4.45. The van der Waals surface area contributed by atoms with Crippen LogP contribution in [0.15, 0.2) is 23.1 Å². The van der Waals surface area contributed by atoms with Crippen molar-refractivity contribution in [1.82, 2.24) is 9.62 Å².